The van der Waals surface area contributed by atoms with E-state index in [9.17, 15) is 14.7 Å². The van der Waals surface area contributed by atoms with Gasteiger partial charge in [0.1, 0.15) is 17.8 Å². The summed E-state index contributed by atoms with van der Waals surface area (Å²) in [6.45, 7) is 1.36. The van der Waals surface area contributed by atoms with Crippen molar-refractivity contribution in [3.05, 3.63) is 53.6 Å². The number of benzene rings is 2. The largest absolute Gasteiger partial charge is 0.507 e. The molecule has 2 aromatic carbocycles. The summed E-state index contributed by atoms with van der Waals surface area (Å²) in [6.07, 6.45) is 6.67. The number of phenolic OH excluding ortho intramolecular Hbond substituents is 1. The summed E-state index contributed by atoms with van der Waals surface area (Å²) in [5, 5.41) is 10.5. The zero-order chi connectivity index (χ0) is 20.2. The van der Waals surface area contributed by atoms with Crippen LogP contribution in [0.1, 0.15) is 48.0 Å². The molecule has 2 aliphatic rings. The molecular formula is C24H27NO4. The van der Waals surface area contributed by atoms with Gasteiger partial charge in [-0.3, -0.25) is 4.79 Å². The van der Waals surface area contributed by atoms with Crippen molar-refractivity contribution in [3.8, 4) is 11.5 Å². The third kappa shape index (κ3) is 4.00. The van der Waals surface area contributed by atoms with Gasteiger partial charge in [0.05, 0.1) is 23.8 Å². The monoisotopic (exact) mass is 393 g/mol. The molecule has 0 aromatic heterocycles. The Bertz CT molecular complexity index is 880. The predicted octanol–water partition coefficient (Wildman–Crippen LogP) is 4.16. The van der Waals surface area contributed by atoms with Crippen LogP contribution >= 0.6 is 0 Å². The molecule has 0 radical (unpaired) electrons. The fraction of sp³-hybridized carbons (Fsp3) is 0.417. The van der Waals surface area contributed by atoms with Crippen molar-refractivity contribution in [2.24, 2.45) is 5.92 Å². The van der Waals surface area contributed by atoms with Gasteiger partial charge in [0.25, 0.3) is 0 Å². The van der Waals surface area contributed by atoms with E-state index in [0.717, 1.165) is 51.4 Å². The number of ketones is 1. The molecule has 152 valence electrons. The Morgan fingerprint density at radius 1 is 1.14 bits per heavy atom. The first kappa shape index (κ1) is 19.5. The van der Waals surface area contributed by atoms with E-state index in [1.54, 1.807) is 0 Å². The van der Waals surface area contributed by atoms with E-state index < -0.39 is 5.92 Å². The van der Waals surface area contributed by atoms with Crippen LogP contribution in [0.25, 0.3) is 0 Å². The first-order chi connectivity index (χ1) is 14.2. The van der Waals surface area contributed by atoms with Crippen LogP contribution in [-0.2, 0) is 11.2 Å². The third-order valence-corrected chi connectivity index (χ3v) is 6.01. The number of carbonyl (C=O) groups is 2. The van der Waals surface area contributed by atoms with Gasteiger partial charge in [-0.05, 0) is 44.1 Å². The molecule has 0 aliphatic carbocycles. The van der Waals surface area contributed by atoms with Gasteiger partial charge < -0.3 is 19.5 Å². The van der Waals surface area contributed by atoms with Crippen molar-refractivity contribution >= 4 is 17.8 Å². The predicted molar refractivity (Wildman–Crippen MR) is 112 cm³/mol. The smallest absolute Gasteiger partial charge is 0.180 e. The average Bonchev–Trinajstić information content (AvgIpc) is 3.21. The maximum absolute atomic E-state index is 12.7. The lowest BCUT2D eigenvalue weighted by Crippen LogP contribution is -2.45. The molecule has 2 aliphatic heterocycles. The van der Waals surface area contributed by atoms with E-state index in [0.29, 0.717) is 18.0 Å². The lowest BCUT2D eigenvalue weighted by atomic mass is 9.85. The number of fused-ring (bicyclic) bond motifs is 3. The van der Waals surface area contributed by atoms with Gasteiger partial charge in [-0.25, -0.2) is 0 Å². The molecule has 0 saturated carbocycles. The maximum Gasteiger partial charge on any atom is 0.180 e. The van der Waals surface area contributed by atoms with Crippen molar-refractivity contribution in [1.82, 2.24) is 0 Å². The van der Waals surface area contributed by atoms with Gasteiger partial charge in [0.2, 0.25) is 0 Å². The lowest BCUT2D eigenvalue weighted by Gasteiger charge is -2.36. The summed E-state index contributed by atoms with van der Waals surface area (Å²) in [5.74, 6) is -0.480. The second-order valence-electron chi connectivity index (χ2n) is 7.91. The summed E-state index contributed by atoms with van der Waals surface area (Å²) >= 11 is 0. The fourth-order valence-corrected chi connectivity index (χ4v) is 4.55. The molecule has 5 heteroatoms. The van der Waals surface area contributed by atoms with E-state index in [4.69, 9.17) is 4.74 Å². The molecule has 4 rings (SSSR count). The standard InChI is InChI=1S/C24H27NO4/c26-16-19-20-11-7-12-25(20)21-14-18(15-22(27)23(21)24(19)28)29-13-6-2-5-10-17-8-3-1-4-9-17/h1,3-4,8-9,14-16,19-20,27H,2,5-7,10-13H2. The van der Waals surface area contributed by atoms with Crippen LogP contribution in [0.2, 0.25) is 0 Å². The summed E-state index contributed by atoms with van der Waals surface area (Å²) in [5.41, 5.74) is 2.32. The highest BCUT2D eigenvalue weighted by Gasteiger charge is 2.44. The zero-order valence-corrected chi connectivity index (χ0v) is 16.5. The van der Waals surface area contributed by atoms with E-state index >= 15 is 0 Å². The Kier molecular flexibility index (Phi) is 5.84. The van der Waals surface area contributed by atoms with E-state index in [1.807, 2.05) is 12.1 Å². The van der Waals surface area contributed by atoms with Gasteiger partial charge in [-0.1, -0.05) is 30.3 Å². The summed E-state index contributed by atoms with van der Waals surface area (Å²) < 4.78 is 5.87. The van der Waals surface area contributed by atoms with Crippen molar-refractivity contribution in [2.75, 3.05) is 18.1 Å². The van der Waals surface area contributed by atoms with Crippen LogP contribution in [0.3, 0.4) is 0 Å². The van der Waals surface area contributed by atoms with E-state index in [2.05, 4.69) is 29.2 Å². The quantitative estimate of drug-likeness (QED) is 0.414. The minimum absolute atomic E-state index is 0.0937. The number of aromatic hydroxyl groups is 1. The van der Waals surface area contributed by atoms with Crippen molar-refractivity contribution in [3.63, 3.8) is 0 Å². The normalized spacial score (nSPS) is 20.3. The second-order valence-corrected chi connectivity index (χ2v) is 7.91. The third-order valence-electron chi connectivity index (χ3n) is 6.01. The van der Waals surface area contributed by atoms with Crippen molar-refractivity contribution < 1.29 is 19.4 Å². The first-order valence-electron chi connectivity index (χ1n) is 10.5. The summed E-state index contributed by atoms with van der Waals surface area (Å²) in [4.78, 5) is 26.3. The molecule has 0 amide bonds. The van der Waals surface area contributed by atoms with E-state index in [1.165, 1.54) is 11.6 Å². The highest BCUT2D eigenvalue weighted by atomic mass is 16.5. The van der Waals surface area contributed by atoms with Crippen LogP contribution in [-0.4, -0.2) is 36.4 Å². The molecule has 29 heavy (non-hydrogen) atoms. The summed E-state index contributed by atoms with van der Waals surface area (Å²) in [6, 6.07) is 13.7. The zero-order valence-electron chi connectivity index (χ0n) is 16.5. The number of nitrogens with zero attached hydrogens (tertiary/aromatic N) is 1. The molecule has 0 spiro atoms. The van der Waals surface area contributed by atoms with Crippen LogP contribution in [0, 0.1) is 5.92 Å². The van der Waals surface area contributed by atoms with Crippen LogP contribution in [0.15, 0.2) is 42.5 Å². The molecule has 2 heterocycles. The number of hydrogen-bond donors (Lipinski definition) is 1. The average molecular weight is 393 g/mol. The van der Waals surface area contributed by atoms with E-state index in [-0.39, 0.29) is 23.1 Å². The molecular weight excluding hydrogens is 366 g/mol. The second kappa shape index (κ2) is 8.68. The molecule has 2 atom stereocenters. The first-order valence-corrected chi connectivity index (χ1v) is 10.5. The molecule has 1 N–H and O–H groups in total. The Morgan fingerprint density at radius 3 is 2.76 bits per heavy atom. The number of aryl methyl sites for hydroxylation is 1. The molecule has 0 bridgehead atoms. The number of phenols is 1. The Hall–Kier alpha value is -2.82. The molecule has 1 fully saturated rings. The highest BCUT2D eigenvalue weighted by Crippen LogP contribution is 2.44. The number of rotatable bonds is 8. The number of hydrogen-bond acceptors (Lipinski definition) is 5. The molecule has 1 saturated heterocycles. The maximum atomic E-state index is 12.7. The van der Waals surface area contributed by atoms with Gasteiger partial charge in [0, 0.05) is 24.7 Å². The molecule has 5 nitrogen and oxygen atoms in total. The number of ether oxygens (including phenoxy) is 1. The Labute approximate surface area is 171 Å². The fourth-order valence-electron chi connectivity index (χ4n) is 4.55. The Morgan fingerprint density at radius 2 is 1.97 bits per heavy atom. The van der Waals surface area contributed by atoms with Gasteiger partial charge in [0.15, 0.2) is 5.78 Å². The highest BCUT2D eigenvalue weighted by molar-refractivity contribution is 6.13. The van der Waals surface area contributed by atoms with Crippen LogP contribution in [0.5, 0.6) is 11.5 Å². The number of carbonyl (C=O) groups excluding carboxylic acids is 2. The number of aldehydes is 1. The minimum Gasteiger partial charge on any atom is -0.507 e. The lowest BCUT2D eigenvalue weighted by molar-refractivity contribution is -0.110. The van der Waals surface area contributed by atoms with Crippen molar-refractivity contribution in [1.29, 1.82) is 0 Å². The van der Waals surface area contributed by atoms with Crippen LogP contribution < -0.4 is 9.64 Å². The summed E-state index contributed by atoms with van der Waals surface area (Å²) in [7, 11) is 0. The van der Waals surface area contributed by atoms with Crippen LogP contribution in [0.4, 0.5) is 5.69 Å². The SMILES string of the molecule is O=CC1C(=O)c2c(O)cc(OCCCCCc3ccccc3)cc2N2CCCC12. The molecule has 2 unspecified atom stereocenters. The Balaban J connectivity index is 1.36. The minimum atomic E-state index is -0.688. The molecule has 2 aromatic rings. The number of unbranched alkanes of at least 4 members (excludes halogenated alkanes) is 2. The van der Waals surface area contributed by atoms with Gasteiger partial charge in [-0.2, -0.15) is 0 Å². The van der Waals surface area contributed by atoms with Gasteiger partial charge in [-0.15, -0.1) is 0 Å². The van der Waals surface area contributed by atoms with Gasteiger partial charge >= 0.3 is 0 Å². The topological polar surface area (TPSA) is 66.8 Å². The number of Topliss-reactive ketones (excluding diaryl/α,β-unsaturated/α-hetero) is 1. The number of anilines is 1. The van der Waals surface area contributed by atoms with Crippen molar-refractivity contribution in [2.45, 2.75) is 44.6 Å².